The fourth-order valence-electron chi connectivity index (χ4n) is 1.25. The third-order valence-corrected chi connectivity index (χ3v) is 1.95. The Kier molecular flexibility index (Phi) is 2.05. The number of aromatic nitrogens is 2. The van der Waals surface area contributed by atoms with Crippen LogP contribution in [0.25, 0.3) is 0 Å². The molecule has 2 rings (SSSR count). The van der Waals surface area contributed by atoms with E-state index >= 15 is 0 Å². The van der Waals surface area contributed by atoms with Gasteiger partial charge in [0.2, 0.25) is 5.89 Å². The lowest BCUT2D eigenvalue weighted by molar-refractivity contribution is 0.192. The van der Waals surface area contributed by atoms with E-state index in [1.165, 1.54) is 0 Å². The maximum Gasteiger partial charge on any atom is 0.240 e. The average molecular weight is 169 g/mol. The zero-order chi connectivity index (χ0) is 8.39. The Bertz CT molecular complexity index is 255. The predicted molar refractivity (Wildman–Crippen MR) is 40.4 cm³/mol. The molecule has 1 aromatic rings. The Balaban J connectivity index is 2.11. The lowest BCUT2D eigenvalue weighted by atomic mass is 10.1. The van der Waals surface area contributed by atoms with Crippen LogP contribution in [0.2, 0.25) is 0 Å². The van der Waals surface area contributed by atoms with Gasteiger partial charge < -0.3 is 15.0 Å². The van der Waals surface area contributed by atoms with Crippen LogP contribution in [0.15, 0.2) is 4.52 Å². The fourth-order valence-corrected chi connectivity index (χ4v) is 1.25. The van der Waals surface area contributed by atoms with Crippen LogP contribution in [0.4, 0.5) is 0 Å². The van der Waals surface area contributed by atoms with E-state index in [0.717, 1.165) is 18.9 Å². The van der Waals surface area contributed by atoms with Gasteiger partial charge in [-0.25, -0.2) is 0 Å². The number of hydrogen-bond acceptors (Lipinski definition) is 5. The molecule has 0 spiro atoms. The number of hydrogen-bond donors (Lipinski definition) is 1. The highest BCUT2D eigenvalue weighted by Gasteiger charge is 2.22. The molecule has 1 fully saturated rings. The molecule has 0 aliphatic carbocycles. The first kappa shape index (κ1) is 7.70. The number of rotatable bonds is 2. The molecule has 1 aliphatic heterocycles. The molecule has 2 N–H and O–H groups in total. The Morgan fingerprint density at radius 2 is 2.50 bits per heavy atom. The quantitative estimate of drug-likeness (QED) is 0.676. The Hall–Kier alpha value is -0.940. The molecule has 5 heteroatoms. The van der Waals surface area contributed by atoms with Gasteiger partial charge in [0.05, 0.1) is 13.2 Å². The molecule has 1 aliphatic rings. The average Bonchev–Trinajstić information content (AvgIpc) is 2.75. The summed E-state index contributed by atoms with van der Waals surface area (Å²) < 4.78 is 10.1. The summed E-state index contributed by atoms with van der Waals surface area (Å²) in [6.45, 7) is 1.79. The smallest absolute Gasteiger partial charge is 0.240 e. The van der Waals surface area contributed by atoms with E-state index in [4.69, 9.17) is 15.0 Å². The van der Waals surface area contributed by atoms with Crippen molar-refractivity contribution in [2.24, 2.45) is 5.73 Å². The molecule has 0 radical (unpaired) electrons. The zero-order valence-corrected chi connectivity index (χ0v) is 6.69. The van der Waals surface area contributed by atoms with E-state index in [1.807, 2.05) is 0 Å². The van der Waals surface area contributed by atoms with Crippen LogP contribution in [0.1, 0.15) is 24.1 Å². The summed E-state index contributed by atoms with van der Waals surface area (Å²) in [5.41, 5.74) is 5.33. The van der Waals surface area contributed by atoms with Gasteiger partial charge in [-0.15, -0.1) is 0 Å². The van der Waals surface area contributed by atoms with Crippen LogP contribution in [-0.2, 0) is 11.3 Å². The van der Waals surface area contributed by atoms with Crippen molar-refractivity contribution in [3.8, 4) is 0 Å². The standard InChI is InChI=1S/C7H11N3O2/c8-3-6-9-7(10-12-6)5-1-2-11-4-5/h5H,1-4,8H2. The molecule has 1 saturated heterocycles. The molecule has 0 aromatic carbocycles. The lowest BCUT2D eigenvalue weighted by Gasteiger charge is -1.97. The summed E-state index contributed by atoms with van der Waals surface area (Å²) >= 11 is 0. The summed E-state index contributed by atoms with van der Waals surface area (Å²) in [5, 5.41) is 3.82. The molecule has 66 valence electrons. The summed E-state index contributed by atoms with van der Waals surface area (Å²) in [7, 11) is 0. The van der Waals surface area contributed by atoms with E-state index in [2.05, 4.69) is 10.1 Å². The minimum Gasteiger partial charge on any atom is -0.381 e. The van der Waals surface area contributed by atoms with Gasteiger partial charge in [-0.2, -0.15) is 4.98 Å². The van der Waals surface area contributed by atoms with Crippen molar-refractivity contribution in [2.45, 2.75) is 18.9 Å². The van der Waals surface area contributed by atoms with Crippen molar-refractivity contribution < 1.29 is 9.26 Å². The molecule has 1 unspecified atom stereocenters. The topological polar surface area (TPSA) is 74.2 Å². The highest BCUT2D eigenvalue weighted by atomic mass is 16.5. The van der Waals surface area contributed by atoms with Gasteiger partial charge in [0.1, 0.15) is 0 Å². The first-order valence-corrected chi connectivity index (χ1v) is 4.00. The van der Waals surface area contributed by atoms with Gasteiger partial charge in [-0.05, 0) is 6.42 Å². The molecule has 1 aromatic heterocycles. The van der Waals surface area contributed by atoms with Crippen LogP contribution >= 0.6 is 0 Å². The van der Waals surface area contributed by atoms with Crippen LogP contribution in [0.5, 0.6) is 0 Å². The molecule has 12 heavy (non-hydrogen) atoms. The van der Waals surface area contributed by atoms with Crippen LogP contribution in [-0.4, -0.2) is 23.4 Å². The molecule has 5 nitrogen and oxygen atoms in total. The molecular weight excluding hydrogens is 158 g/mol. The highest BCUT2D eigenvalue weighted by molar-refractivity contribution is 4.97. The van der Waals surface area contributed by atoms with E-state index < -0.39 is 0 Å². The summed E-state index contributed by atoms with van der Waals surface area (Å²) in [6.07, 6.45) is 0.976. The third kappa shape index (κ3) is 1.33. The van der Waals surface area contributed by atoms with E-state index in [-0.39, 0.29) is 0 Å². The Morgan fingerprint density at radius 3 is 3.08 bits per heavy atom. The van der Waals surface area contributed by atoms with Crippen molar-refractivity contribution >= 4 is 0 Å². The van der Waals surface area contributed by atoms with Crippen LogP contribution < -0.4 is 5.73 Å². The van der Waals surface area contributed by atoms with Gasteiger partial charge in [0, 0.05) is 12.5 Å². The first-order valence-electron chi connectivity index (χ1n) is 4.00. The molecule has 0 amide bonds. The van der Waals surface area contributed by atoms with Gasteiger partial charge >= 0.3 is 0 Å². The van der Waals surface area contributed by atoms with Crippen LogP contribution in [0, 0.1) is 0 Å². The first-order chi connectivity index (χ1) is 5.90. The molecule has 0 saturated carbocycles. The number of nitrogens with two attached hydrogens (primary N) is 1. The van der Waals surface area contributed by atoms with Crippen LogP contribution in [0.3, 0.4) is 0 Å². The SMILES string of the molecule is NCc1nc(C2CCOC2)no1. The minimum absolute atomic E-state index is 0.300. The summed E-state index contributed by atoms with van der Waals surface area (Å²) in [6, 6.07) is 0. The predicted octanol–water partition coefficient (Wildman–Crippen LogP) is 0.0322. The van der Waals surface area contributed by atoms with Crippen molar-refractivity contribution in [1.29, 1.82) is 0 Å². The van der Waals surface area contributed by atoms with Crippen molar-refractivity contribution in [1.82, 2.24) is 10.1 Å². The van der Waals surface area contributed by atoms with Crippen molar-refractivity contribution in [3.63, 3.8) is 0 Å². The monoisotopic (exact) mass is 169 g/mol. The summed E-state index contributed by atoms with van der Waals surface area (Å²) in [5.74, 6) is 1.53. The van der Waals surface area contributed by atoms with Gasteiger partial charge in [-0.3, -0.25) is 0 Å². The fraction of sp³-hybridized carbons (Fsp3) is 0.714. The molecule has 0 bridgehead atoms. The lowest BCUT2D eigenvalue weighted by Crippen LogP contribution is -2.01. The van der Waals surface area contributed by atoms with E-state index in [9.17, 15) is 0 Å². The van der Waals surface area contributed by atoms with E-state index in [1.54, 1.807) is 0 Å². The number of ether oxygens (including phenoxy) is 1. The maximum absolute atomic E-state index is 5.33. The zero-order valence-electron chi connectivity index (χ0n) is 6.69. The van der Waals surface area contributed by atoms with Gasteiger partial charge in [0.25, 0.3) is 0 Å². The molecular formula is C7H11N3O2. The highest BCUT2D eigenvalue weighted by Crippen LogP contribution is 2.22. The number of nitrogens with zero attached hydrogens (tertiary/aromatic N) is 2. The van der Waals surface area contributed by atoms with Crippen molar-refractivity contribution in [2.75, 3.05) is 13.2 Å². The second kappa shape index (κ2) is 3.20. The third-order valence-electron chi connectivity index (χ3n) is 1.95. The molecule has 1 atom stereocenters. The maximum atomic E-state index is 5.33. The van der Waals surface area contributed by atoms with Crippen molar-refractivity contribution in [3.05, 3.63) is 11.7 Å². The second-order valence-corrected chi connectivity index (χ2v) is 2.81. The van der Waals surface area contributed by atoms with E-state index in [0.29, 0.717) is 25.0 Å². The Labute approximate surface area is 69.9 Å². The van der Waals surface area contributed by atoms with Gasteiger partial charge in [0.15, 0.2) is 5.82 Å². The molecule has 2 heterocycles. The largest absolute Gasteiger partial charge is 0.381 e. The Morgan fingerprint density at radius 1 is 1.58 bits per heavy atom. The second-order valence-electron chi connectivity index (χ2n) is 2.81. The minimum atomic E-state index is 0.300. The van der Waals surface area contributed by atoms with Gasteiger partial charge in [-0.1, -0.05) is 5.16 Å². The normalized spacial score (nSPS) is 23.2. The summed E-state index contributed by atoms with van der Waals surface area (Å²) in [4.78, 5) is 4.13.